The smallest absolute Gasteiger partial charge is 0.434 e. The number of hydrogen-bond donors (Lipinski definition) is 1. The Morgan fingerprint density at radius 3 is 2.93 bits per heavy atom. The van der Waals surface area contributed by atoms with Gasteiger partial charge < -0.3 is 19.2 Å². The van der Waals surface area contributed by atoms with E-state index in [9.17, 15) is 18.0 Å². The SMILES string of the molecule is Cc1oc2ccc(OCc3nc(C(F)(F)F)cs3)cc2c1C(=O)NC1CCOC1. The first-order valence-corrected chi connectivity index (χ1v) is 9.75. The van der Waals surface area contributed by atoms with Crippen molar-refractivity contribution in [2.75, 3.05) is 13.2 Å². The topological polar surface area (TPSA) is 73.6 Å². The first-order chi connectivity index (χ1) is 13.8. The Bertz CT molecular complexity index is 1040. The van der Waals surface area contributed by atoms with Gasteiger partial charge >= 0.3 is 6.18 Å². The molecule has 1 fully saturated rings. The van der Waals surface area contributed by atoms with Gasteiger partial charge in [0.15, 0.2) is 5.69 Å². The second kappa shape index (κ2) is 7.68. The molecule has 0 saturated carbocycles. The van der Waals surface area contributed by atoms with E-state index in [4.69, 9.17) is 13.9 Å². The lowest BCUT2D eigenvalue weighted by Crippen LogP contribution is -2.35. The van der Waals surface area contributed by atoms with Gasteiger partial charge in [-0.05, 0) is 31.5 Å². The number of aromatic nitrogens is 1. The van der Waals surface area contributed by atoms with Crippen LogP contribution in [-0.2, 0) is 17.5 Å². The predicted molar refractivity (Wildman–Crippen MR) is 99.1 cm³/mol. The van der Waals surface area contributed by atoms with Gasteiger partial charge in [0.25, 0.3) is 5.91 Å². The van der Waals surface area contributed by atoms with Gasteiger partial charge in [-0.25, -0.2) is 4.98 Å². The molecule has 4 rings (SSSR count). The average molecular weight is 426 g/mol. The molecule has 0 spiro atoms. The Labute approximate surface area is 167 Å². The molecule has 2 aromatic heterocycles. The van der Waals surface area contributed by atoms with Crippen LogP contribution in [0.15, 0.2) is 28.0 Å². The van der Waals surface area contributed by atoms with Gasteiger partial charge in [-0.3, -0.25) is 4.79 Å². The molecule has 6 nitrogen and oxygen atoms in total. The van der Waals surface area contributed by atoms with Crippen LogP contribution in [0.2, 0.25) is 0 Å². The molecule has 0 bridgehead atoms. The van der Waals surface area contributed by atoms with E-state index in [1.54, 1.807) is 25.1 Å². The molecular formula is C19H17F3N2O4S. The van der Waals surface area contributed by atoms with Crippen molar-refractivity contribution in [2.45, 2.75) is 32.2 Å². The number of aryl methyl sites for hydroxylation is 1. The van der Waals surface area contributed by atoms with E-state index in [-0.39, 0.29) is 23.6 Å². The Balaban J connectivity index is 1.52. The number of alkyl halides is 3. The van der Waals surface area contributed by atoms with Crippen molar-refractivity contribution in [1.82, 2.24) is 10.3 Å². The molecule has 1 aliphatic heterocycles. The van der Waals surface area contributed by atoms with Gasteiger partial charge in [0.2, 0.25) is 0 Å². The Kier molecular flexibility index (Phi) is 5.22. The number of thiazole rings is 1. The monoisotopic (exact) mass is 426 g/mol. The quantitative estimate of drug-likeness (QED) is 0.658. The van der Waals surface area contributed by atoms with Crippen molar-refractivity contribution in [1.29, 1.82) is 0 Å². The highest BCUT2D eigenvalue weighted by Crippen LogP contribution is 2.32. The Hall–Kier alpha value is -2.59. The zero-order valence-electron chi connectivity index (χ0n) is 15.3. The van der Waals surface area contributed by atoms with Gasteiger partial charge in [0.05, 0.1) is 18.2 Å². The summed E-state index contributed by atoms with van der Waals surface area (Å²) >= 11 is 0.879. The lowest BCUT2D eigenvalue weighted by Gasteiger charge is -2.10. The van der Waals surface area contributed by atoms with Gasteiger partial charge in [-0.2, -0.15) is 13.2 Å². The number of benzene rings is 1. The maximum absolute atomic E-state index is 12.7. The fourth-order valence-corrected chi connectivity index (χ4v) is 3.84. The number of amides is 1. The molecule has 1 saturated heterocycles. The standard InChI is InChI=1S/C19H17F3N2O4S/c1-10-17(18(25)23-11-4-5-26-7-11)13-6-12(2-3-14(13)28-10)27-8-16-24-15(9-29-16)19(20,21)22/h2-3,6,9,11H,4-5,7-8H2,1H3,(H,23,25). The molecular weight excluding hydrogens is 409 g/mol. The summed E-state index contributed by atoms with van der Waals surface area (Å²) < 4.78 is 54.5. The third-order valence-electron chi connectivity index (χ3n) is 4.53. The summed E-state index contributed by atoms with van der Waals surface area (Å²) in [5, 5.41) is 4.67. The summed E-state index contributed by atoms with van der Waals surface area (Å²) in [6.07, 6.45) is -3.72. The molecule has 29 heavy (non-hydrogen) atoms. The number of carbonyl (C=O) groups excluding carboxylic acids is 1. The van der Waals surface area contributed by atoms with Crippen molar-refractivity contribution >= 4 is 28.2 Å². The normalized spacial score (nSPS) is 17.0. The first kappa shape index (κ1) is 19.7. The molecule has 1 amide bonds. The molecule has 1 unspecified atom stereocenters. The van der Waals surface area contributed by atoms with Crippen LogP contribution in [0.3, 0.4) is 0 Å². The number of fused-ring (bicyclic) bond motifs is 1. The second-order valence-corrected chi connectivity index (χ2v) is 7.58. The van der Waals surface area contributed by atoms with Crippen LogP contribution in [0.25, 0.3) is 11.0 Å². The summed E-state index contributed by atoms with van der Waals surface area (Å²) in [5.41, 5.74) is -0.000837. The van der Waals surface area contributed by atoms with Crippen molar-refractivity contribution in [3.63, 3.8) is 0 Å². The van der Waals surface area contributed by atoms with Crippen LogP contribution in [0.1, 0.15) is 33.2 Å². The van der Waals surface area contributed by atoms with E-state index in [2.05, 4.69) is 10.3 Å². The number of carbonyl (C=O) groups is 1. The van der Waals surface area contributed by atoms with Crippen molar-refractivity contribution in [3.8, 4) is 5.75 Å². The van der Waals surface area contributed by atoms with Crippen LogP contribution in [0.4, 0.5) is 13.2 Å². The molecule has 1 N–H and O–H groups in total. The zero-order valence-corrected chi connectivity index (χ0v) is 16.2. The minimum atomic E-state index is -4.48. The number of hydrogen-bond acceptors (Lipinski definition) is 6. The van der Waals surface area contributed by atoms with E-state index in [0.29, 0.717) is 41.3 Å². The van der Waals surface area contributed by atoms with E-state index >= 15 is 0 Å². The van der Waals surface area contributed by atoms with Crippen molar-refractivity contribution in [2.24, 2.45) is 0 Å². The molecule has 0 aliphatic carbocycles. The van der Waals surface area contributed by atoms with E-state index in [1.165, 1.54) is 0 Å². The van der Waals surface area contributed by atoms with Gasteiger partial charge in [0, 0.05) is 17.4 Å². The second-order valence-electron chi connectivity index (χ2n) is 6.64. The van der Waals surface area contributed by atoms with E-state index in [0.717, 1.165) is 23.1 Å². The summed E-state index contributed by atoms with van der Waals surface area (Å²) in [7, 11) is 0. The number of nitrogens with one attached hydrogen (secondary N) is 1. The molecule has 3 heterocycles. The predicted octanol–water partition coefficient (Wildman–Crippen LogP) is 4.31. The number of furan rings is 1. The van der Waals surface area contributed by atoms with E-state index < -0.39 is 11.9 Å². The lowest BCUT2D eigenvalue weighted by molar-refractivity contribution is -0.140. The van der Waals surface area contributed by atoms with Gasteiger partial charge in [-0.1, -0.05) is 0 Å². The fraction of sp³-hybridized carbons (Fsp3) is 0.368. The molecule has 154 valence electrons. The molecule has 3 aromatic rings. The van der Waals surface area contributed by atoms with E-state index in [1.807, 2.05) is 0 Å². The largest absolute Gasteiger partial charge is 0.486 e. The fourth-order valence-electron chi connectivity index (χ4n) is 3.13. The first-order valence-electron chi connectivity index (χ1n) is 8.87. The zero-order chi connectivity index (χ0) is 20.6. The van der Waals surface area contributed by atoms with Crippen LogP contribution in [0.5, 0.6) is 5.75 Å². The molecule has 10 heteroatoms. The van der Waals surface area contributed by atoms with Gasteiger partial charge in [0.1, 0.15) is 28.7 Å². The van der Waals surface area contributed by atoms with Crippen LogP contribution in [0, 0.1) is 6.92 Å². The van der Waals surface area contributed by atoms with Gasteiger partial charge in [-0.15, -0.1) is 11.3 Å². The third-order valence-corrected chi connectivity index (χ3v) is 5.35. The Morgan fingerprint density at radius 1 is 1.41 bits per heavy atom. The molecule has 1 aromatic carbocycles. The minimum Gasteiger partial charge on any atom is -0.486 e. The average Bonchev–Trinajstić information content (AvgIpc) is 3.38. The summed E-state index contributed by atoms with van der Waals surface area (Å²) in [6, 6.07) is 4.90. The molecule has 1 atom stereocenters. The maximum atomic E-state index is 12.7. The Morgan fingerprint density at radius 2 is 2.24 bits per heavy atom. The molecule has 1 aliphatic rings. The van der Waals surface area contributed by atoms with Crippen LogP contribution >= 0.6 is 11.3 Å². The number of rotatable bonds is 5. The summed E-state index contributed by atoms with van der Waals surface area (Å²) in [6.45, 7) is 2.68. The number of ether oxygens (including phenoxy) is 2. The highest BCUT2D eigenvalue weighted by atomic mass is 32.1. The van der Waals surface area contributed by atoms with Crippen LogP contribution < -0.4 is 10.1 Å². The van der Waals surface area contributed by atoms with Crippen molar-refractivity contribution < 1.29 is 31.9 Å². The maximum Gasteiger partial charge on any atom is 0.434 e. The summed E-state index contributed by atoms with van der Waals surface area (Å²) in [5.74, 6) is 0.618. The third kappa shape index (κ3) is 4.23. The molecule has 0 radical (unpaired) electrons. The van der Waals surface area contributed by atoms with Crippen LogP contribution in [-0.4, -0.2) is 30.1 Å². The van der Waals surface area contributed by atoms with Crippen molar-refractivity contribution in [3.05, 3.63) is 45.6 Å². The highest BCUT2D eigenvalue weighted by Gasteiger charge is 2.33. The minimum absolute atomic E-state index is 0.0426. The lowest BCUT2D eigenvalue weighted by atomic mass is 10.1. The number of nitrogens with zero attached hydrogens (tertiary/aromatic N) is 1. The summed E-state index contributed by atoms with van der Waals surface area (Å²) in [4.78, 5) is 16.2. The highest BCUT2D eigenvalue weighted by molar-refractivity contribution is 7.09. The number of halogens is 3.